The van der Waals surface area contributed by atoms with Crippen molar-refractivity contribution in [2.45, 2.75) is 18.9 Å². The third kappa shape index (κ3) is 3.07. The van der Waals surface area contributed by atoms with Gasteiger partial charge in [-0.25, -0.2) is 0 Å². The maximum absolute atomic E-state index is 12.8. The van der Waals surface area contributed by atoms with Gasteiger partial charge in [0.05, 0.1) is 17.9 Å². The SMILES string of the molecule is Cn1cc(C(=O)NC[C@H](c2ccco2)N2CCCC2)c2ccccc21. The Morgan fingerprint density at radius 2 is 2.00 bits per heavy atom. The Morgan fingerprint density at radius 3 is 2.76 bits per heavy atom. The van der Waals surface area contributed by atoms with Gasteiger partial charge in [-0.3, -0.25) is 9.69 Å². The lowest BCUT2D eigenvalue weighted by atomic mass is 10.1. The fourth-order valence-corrected chi connectivity index (χ4v) is 3.75. The lowest BCUT2D eigenvalue weighted by Gasteiger charge is -2.25. The average molecular weight is 337 g/mol. The summed E-state index contributed by atoms with van der Waals surface area (Å²) in [7, 11) is 1.97. The number of likely N-dealkylation sites (tertiary alicyclic amines) is 1. The Kier molecular flexibility index (Phi) is 4.32. The maximum atomic E-state index is 12.8. The molecule has 0 saturated carbocycles. The first-order chi connectivity index (χ1) is 12.2. The summed E-state index contributed by atoms with van der Waals surface area (Å²) in [4.78, 5) is 15.2. The first kappa shape index (κ1) is 16.0. The lowest BCUT2D eigenvalue weighted by molar-refractivity contribution is 0.0935. The van der Waals surface area contributed by atoms with Gasteiger partial charge in [-0.2, -0.15) is 0 Å². The number of aryl methyl sites for hydroxylation is 1. The van der Waals surface area contributed by atoms with Crippen molar-refractivity contribution in [1.82, 2.24) is 14.8 Å². The summed E-state index contributed by atoms with van der Waals surface area (Å²) in [5.74, 6) is 0.882. The highest BCUT2D eigenvalue weighted by Crippen LogP contribution is 2.25. The highest BCUT2D eigenvalue weighted by molar-refractivity contribution is 6.06. The van der Waals surface area contributed by atoms with Gasteiger partial charge >= 0.3 is 0 Å². The van der Waals surface area contributed by atoms with Crippen molar-refractivity contribution in [2.24, 2.45) is 7.05 Å². The minimum atomic E-state index is -0.0347. The molecule has 1 amide bonds. The molecule has 4 rings (SSSR count). The van der Waals surface area contributed by atoms with Gasteiger partial charge in [0.1, 0.15) is 5.76 Å². The zero-order valence-corrected chi connectivity index (χ0v) is 14.4. The summed E-state index contributed by atoms with van der Waals surface area (Å²) in [6.45, 7) is 2.65. The Balaban J connectivity index is 1.53. The van der Waals surface area contributed by atoms with Crippen LogP contribution in [0.3, 0.4) is 0 Å². The van der Waals surface area contributed by atoms with Crippen LogP contribution < -0.4 is 5.32 Å². The molecule has 0 radical (unpaired) electrons. The van der Waals surface area contributed by atoms with Crippen molar-refractivity contribution in [2.75, 3.05) is 19.6 Å². The normalized spacial score (nSPS) is 16.4. The third-order valence-electron chi connectivity index (χ3n) is 5.05. The van der Waals surface area contributed by atoms with Crippen molar-refractivity contribution in [1.29, 1.82) is 0 Å². The molecule has 3 aromatic rings. The van der Waals surface area contributed by atoms with Gasteiger partial charge in [0.2, 0.25) is 0 Å². The van der Waals surface area contributed by atoms with Gasteiger partial charge in [0.25, 0.3) is 5.91 Å². The van der Waals surface area contributed by atoms with Crippen LogP contribution >= 0.6 is 0 Å². The Labute approximate surface area is 147 Å². The van der Waals surface area contributed by atoms with Gasteiger partial charge in [-0.15, -0.1) is 0 Å². The van der Waals surface area contributed by atoms with E-state index in [9.17, 15) is 4.79 Å². The second-order valence-corrected chi connectivity index (χ2v) is 6.66. The summed E-state index contributed by atoms with van der Waals surface area (Å²) in [6.07, 6.45) is 6.01. The van der Waals surface area contributed by atoms with Crippen molar-refractivity contribution in [3.63, 3.8) is 0 Å². The molecule has 1 N–H and O–H groups in total. The van der Waals surface area contributed by atoms with E-state index in [0.29, 0.717) is 6.54 Å². The molecular formula is C20H23N3O2. The number of para-hydroxylation sites is 1. The van der Waals surface area contributed by atoms with Crippen LogP contribution in [-0.4, -0.2) is 35.0 Å². The van der Waals surface area contributed by atoms with E-state index in [1.165, 1.54) is 12.8 Å². The topological polar surface area (TPSA) is 50.4 Å². The molecule has 1 saturated heterocycles. The number of nitrogens with one attached hydrogen (secondary N) is 1. The molecule has 3 heterocycles. The van der Waals surface area contributed by atoms with Gasteiger partial charge in [-0.05, 0) is 44.1 Å². The molecular weight excluding hydrogens is 314 g/mol. The lowest BCUT2D eigenvalue weighted by Crippen LogP contribution is -2.36. The molecule has 0 unspecified atom stereocenters. The molecule has 0 spiro atoms. The van der Waals surface area contributed by atoms with E-state index in [2.05, 4.69) is 10.2 Å². The minimum absolute atomic E-state index is 0.0347. The molecule has 0 bridgehead atoms. The van der Waals surface area contributed by atoms with Crippen molar-refractivity contribution < 1.29 is 9.21 Å². The van der Waals surface area contributed by atoms with Crippen LogP contribution in [0.1, 0.15) is 35.0 Å². The van der Waals surface area contributed by atoms with Crippen LogP contribution in [0.2, 0.25) is 0 Å². The molecule has 1 aromatic carbocycles. The molecule has 1 fully saturated rings. The minimum Gasteiger partial charge on any atom is -0.468 e. The van der Waals surface area contributed by atoms with Crippen LogP contribution in [0.4, 0.5) is 0 Å². The molecule has 1 atom stereocenters. The Bertz CT molecular complexity index is 860. The number of amides is 1. The molecule has 25 heavy (non-hydrogen) atoms. The first-order valence-corrected chi connectivity index (χ1v) is 8.84. The smallest absolute Gasteiger partial charge is 0.253 e. The van der Waals surface area contributed by atoms with Gasteiger partial charge in [0.15, 0.2) is 0 Å². The van der Waals surface area contributed by atoms with E-state index in [-0.39, 0.29) is 11.9 Å². The average Bonchev–Trinajstić information content (AvgIpc) is 3.37. The van der Waals surface area contributed by atoms with Crippen LogP contribution in [-0.2, 0) is 7.05 Å². The molecule has 2 aromatic heterocycles. The van der Waals surface area contributed by atoms with E-state index in [1.54, 1.807) is 6.26 Å². The van der Waals surface area contributed by atoms with Crippen LogP contribution in [0.25, 0.3) is 10.9 Å². The van der Waals surface area contributed by atoms with E-state index in [1.807, 2.05) is 54.2 Å². The number of carbonyl (C=O) groups is 1. The van der Waals surface area contributed by atoms with Crippen LogP contribution in [0.15, 0.2) is 53.3 Å². The number of hydrogen-bond acceptors (Lipinski definition) is 3. The van der Waals surface area contributed by atoms with Crippen molar-refractivity contribution in [3.8, 4) is 0 Å². The Hall–Kier alpha value is -2.53. The predicted molar refractivity (Wildman–Crippen MR) is 97.5 cm³/mol. The zero-order chi connectivity index (χ0) is 17.2. The summed E-state index contributed by atoms with van der Waals surface area (Å²) >= 11 is 0. The maximum Gasteiger partial charge on any atom is 0.253 e. The number of furan rings is 1. The highest BCUT2D eigenvalue weighted by atomic mass is 16.3. The van der Waals surface area contributed by atoms with E-state index < -0.39 is 0 Å². The van der Waals surface area contributed by atoms with Gasteiger partial charge in [-0.1, -0.05) is 18.2 Å². The van der Waals surface area contributed by atoms with Crippen LogP contribution in [0.5, 0.6) is 0 Å². The fraction of sp³-hybridized carbons (Fsp3) is 0.350. The summed E-state index contributed by atoms with van der Waals surface area (Å²) < 4.78 is 7.62. The highest BCUT2D eigenvalue weighted by Gasteiger charge is 2.26. The first-order valence-electron chi connectivity index (χ1n) is 8.84. The summed E-state index contributed by atoms with van der Waals surface area (Å²) in [6, 6.07) is 12.0. The monoisotopic (exact) mass is 337 g/mol. The number of rotatable bonds is 5. The second kappa shape index (κ2) is 6.76. The number of fused-ring (bicyclic) bond motifs is 1. The summed E-state index contributed by atoms with van der Waals surface area (Å²) in [5.41, 5.74) is 1.78. The molecule has 0 aliphatic carbocycles. The van der Waals surface area contributed by atoms with E-state index in [0.717, 1.165) is 35.3 Å². The summed E-state index contributed by atoms with van der Waals surface area (Å²) in [5, 5.41) is 4.10. The van der Waals surface area contributed by atoms with Crippen molar-refractivity contribution in [3.05, 3.63) is 60.2 Å². The molecule has 1 aliphatic heterocycles. The Morgan fingerprint density at radius 1 is 1.20 bits per heavy atom. The second-order valence-electron chi connectivity index (χ2n) is 6.66. The van der Waals surface area contributed by atoms with E-state index in [4.69, 9.17) is 4.42 Å². The van der Waals surface area contributed by atoms with Gasteiger partial charge in [0, 0.05) is 30.7 Å². The van der Waals surface area contributed by atoms with Crippen molar-refractivity contribution >= 4 is 16.8 Å². The quantitative estimate of drug-likeness (QED) is 0.777. The van der Waals surface area contributed by atoms with Crippen LogP contribution in [0, 0.1) is 0 Å². The number of nitrogens with zero attached hydrogens (tertiary/aromatic N) is 2. The molecule has 1 aliphatic rings. The number of aromatic nitrogens is 1. The largest absolute Gasteiger partial charge is 0.468 e. The predicted octanol–water partition coefficient (Wildman–Crippen LogP) is 3.34. The van der Waals surface area contributed by atoms with E-state index >= 15 is 0 Å². The molecule has 130 valence electrons. The standard InChI is InChI=1S/C20H23N3O2/c1-22-14-16(15-7-2-3-8-17(15)22)20(24)21-13-18(19-9-6-12-25-19)23-10-4-5-11-23/h2-3,6-9,12,14,18H,4-5,10-11,13H2,1H3,(H,21,24)/t18-/m1/s1. The molecule has 5 nitrogen and oxygen atoms in total. The number of carbonyl (C=O) groups excluding carboxylic acids is 1. The number of hydrogen-bond donors (Lipinski definition) is 1. The fourth-order valence-electron chi connectivity index (χ4n) is 3.75. The third-order valence-corrected chi connectivity index (χ3v) is 5.05. The number of benzene rings is 1. The van der Waals surface area contributed by atoms with Gasteiger partial charge < -0.3 is 14.3 Å². The zero-order valence-electron chi connectivity index (χ0n) is 14.4. The molecule has 5 heteroatoms.